The van der Waals surface area contributed by atoms with Crippen LogP contribution in [0.4, 0.5) is 0 Å². The van der Waals surface area contributed by atoms with Gasteiger partial charge in [-0.2, -0.15) is 4.31 Å². The van der Waals surface area contributed by atoms with E-state index in [1.807, 2.05) is 6.07 Å². The van der Waals surface area contributed by atoms with Gasteiger partial charge in [0, 0.05) is 31.7 Å². The first-order valence-corrected chi connectivity index (χ1v) is 10.5. The lowest BCUT2D eigenvalue weighted by molar-refractivity contribution is 0.0901. The number of sulfonamides is 1. The van der Waals surface area contributed by atoms with Gasteiger partial charge >= 0.3 is 0 Å². The fraction of sp³-hybridized carbons (Fsp3) is 0.611. The maximum Gasteiger partial charge on any atom is 0.213 e. The molecule has 2 aliphatic rings. The number of hydrogen-bond acceptors (Lipinski definition) is 4. The molecule has 1 aliphatic carbocycles. The lowest BCUT2D eigenvalue weighted by Gasteiger charge is -2.33. The molecule has 1 saturated heterocycles. The first-order valence-electron chi connectivity index (χ1n) is 8.85. The predicted octanol–water partition coefficient (Wildman–Crippen LogP) is 1.72. The monoisotopic (exact) mass is 350 g/mol. The molecular formula is C18H26N2O3S. The number of carbonyl (C=O) groups excluding carboxylic acids is 1. The highest BCUT2D eigenvalue weighted by atomic mass is 32.2. The van der Waals surface area contributed by atoms with Crippen LogP contribution in [0, 0.1) is 0 Å². The minimum absolute atomic E-state index is 0.134. The Hall–Kier alpha value is -1.24. The van der Waals surface area contributed by atoms with Crippen molar-refractivity contribution in [2.45, 2.75) is 32.6 Å². The van der Waals surface area contributed by atoms with Gasteiger partial charge in [0.2, 0.25) is 10.0 Å². The standard InChI is InChI=1S/C18H26N2O3S/c1-2-24(22,23)20-11-9-19(10-12-20)14-18(21)17-8-7-15-5-3-4-6-16(15)13-17/h7-8,13H,2-6,9-12,14H2,1H3. The fourth-order valence-corrected chi connectivity index (χ4v) is 4.63. The number of benzene rings is 1. The third kappa shape index (κ3) is 3.87. The van der Waals surface area contributed by atoms with Crippen molar-refractivity contribution in [2.24, 2.45) is 0 Å². The number of fused-ring (bicyclic) bond motifs is 1. The van der Waals surface area contributed by atoms with Gasteiger partial charge in [0.15, 0.2) is 5.78 Å². The van der Waals surface area contributed by atoms with Gasteiger partial charge < -0.3 is 0 Å². The second-order valence-corrected chi connectivity index (χ2v) is 8.95. The summed E-state index contributed by atoms with van der Waals surface area (Å²) in [5.41, 5.74) is 3.50. The molecule has 0 amide bonds. The summed E-state index contributed by atoms with van der Waals surface area (Å²) >= 11 is 0. The molecule has 132 valence electrons. The van der Waals surface area contributed by atoms with Gasteiger partial charge in [0.05, 0.1) is 12.3 Å². The van der Waals surface area contributed by atoms with Crippen LogP contribution in [0.25, 0.3) is 0 Å². The summed E-state index contributed by atoms with van der Waals surface area (Å²) in [4.78, 5) is 14.6. The van der Waals surface area contributed by atoms with Crippen LogP contribution in [-0.2, 0) is 22.9 Å². The Kier molecular flexibility index (Phi) is 5.37. The zero-order valence-electron chi connectivity index (χ0n) is 14.3. The average molecular weight is 350 g/mol. The molecule has 0 radical (unpaired) electrons. The Morgan fingerprint density at radius 2 is 1.71 bits per heavy atom. The molecule has 24 heavy (non-hydrogen) atoms. The Balaban J connectivity index is 1.58. The Morgan fingerprint density at radius 1 is 1.04 bits per heavy atom. The molecule has 0 atom stereocenters. The van der Waals surface area contributed by atoms with Crippen molar-refractivity contribution < 1.29 is 13.2 Å². The van der Waals surface area contributed by atoms with Crippen LogP contribution < -0.4 is 0 Å². The van der Waals surface area contributed by atoms with Crippen LogP contribution in [0.5, 0.6) is 0 Å². The minimum Gasteiger partial charge on any atom is -0.293 e. The van der Waals surface area contributed by atoms with Crippen LogP contribution in [0.1, 0.15) is 41.3 Å². The molecule has 0 N–H and O–H groups in total. The van der Waals surface area contributed by atoms with Gasteiger partial charge in [-0.05, 0) is 49.8 Å². The van der Waals surface area contributed by atoms with E-state index in [0.717, 1.165) is 18.4 Å². The molecular weight excluding hydrogens is 324 g/mol. The molecule has 1 aliphatic heterocycles. The zero-order valence-corrected chi connectivity index (χ0v) is 15.1. The summed E-state index contributed by atoms with van der Waals surface area (Å²) < 4.78 is 25.3. The molecule has 3 rings (SSSR count). The maximum atomic E-state index is 12.6. The normalized spacial score (nSPS) is 19.9. The fourth-order valence-electron chi connectivity index (χ4n) is 3.55. The Morgan fingerprint density at radius 3 is 2.38 bits per heavy atom. The summed E-state index contributed by atoms with van der Waals surface area (Å²) in [6.07, 6.45) is 4.64. The van der Waals surface area contributed by atoms with E-state index in [1.54, 1.807) is 6.92 Å². The second kappa shape index (κ2) is 7.33. The maximum absolute atomic E-state index is 12.6. The van der Waals surface area contributed by atoms with Crippen molar-refractivity contribution in [3.63, 3.8) is 0 Å². The molecule has 1 fully saturated rings. The number of piperazine rings is 1. The van der Waals surface area contributed by atoms with Gasteiger partial charge in [0.25, 0.3) is 0 Å². The van der Waals surface area contributed by atoms with E-state index in [0.29, 0.717) is 32.7 Å². The van der Waals surface area contributed by atoms with Crippen molar-refractivity contribution in [2.75, 3.05) is 38.5 Å². The van der Waals surface area contributed by atoms with Crippen molar-refractivity contribution >= 4 is 15.8 Å². The van der Waals surface area contributed by atoms with Crippen LogP contribution in [0.2, 0.25) is 0 Å². The third-order valence-corrected chi connectivity index (χ3v) is 7.01. The largest absolute Gasteiger partial charge is 0.293 e. The van der Waals surface area contributed by atoms with Crippen LogP contribution in [-0.4, -0.2) is 61.9 Å². The highest BCUT2D eigenvalue weighted by Gasteiger charge is 2.26. The first kappa shape index (κ1) is 17.6. The molecule has 1 aromatic rings. The van der Waals surface area contributed by atoms with Crippen molar-refractivity contribution in [1.29, 1.82) is 0 Å². The molecule has 0 aromatic heterocycles. The average Bonchev–Trinajstić information content (AvgIpc) is 2.61. The number of Topliss-reactive ketones (excluding diaryl/α,β-unsaturated/α-hetero) is 1. The van der Waals surface area contributed by atoms with E-state index in [-0.39, 0.29) is 11.5 Å². The molecule has 6 heteroatoms. The van der Waals surface area contributed by atoms with Crippen LogP contribution in [0.3, 0.4) is 0 Å². The van der Waals surface area contributed by atoms with E-state index in [2.05, 4.69) is 17.0 Å². The second-order valence-electron chi connectivity index (χ2n) is 6.69. The van der Waals surface area contributed by atoms with E-state index in [9.17, 15) is 13.2 Å². The number of ketones is 1. The quantitative estimate of drug-likeness (QED) is 0.759. The molecule has 0 unspecified atom stereocenters. The van der Waals surface area contributed by atoms with Crippen molar-refractivity contribution in [3.05, 3.63) is 34.9 Å². The summed E-state index contributed by atoms with van der Waals surface area (Å²) in [7, 11) is -3.11. The molecule has 1 heterocycles. The lowest BCUT2D eigenvalue weighted by atomic mass is 9.90. The lowest BCUT2D eigenvalue weighted by Crippen LogP contribution is -2.50. The van der Waals surface area contributed by atoms with E-state index < -0.39 is 10.0 Å². The SMILES string of the molecule is CCS(=O)(=O)N1CCN(CC(=O)c2ccc3c(c2)CCCC3)CC1. The van der Waals surface area contributed by atoms with Crippen LogP contribution >= 0.6 is 0 Å². The summed E-state index contributed by atoms with van der Waals surface area (Å²) in [6.45, 7) is 4.24. The summed E-state index contributed by atoms with van der Waals surface area (Å²) in [5.74, 6) is 0.274. The first-order chi connectivity index (χ1) is 11.5. The predicted molar refractivity (Wildman–Crippen MR) is 94.9 cm³/mol. The van der Waals surface area contributed by atoms with Gasteiger partial charge in [-0.15, -0.1) is 0 Å². The van der Waals surface area contributed by atoms with Gasteiger partial charge in [-0.3, -0.25) is 9.69 Å². The Labute approximate surface area is 144 Å². The van der Waals surface area contributed by atoms with Crippen molar-refractivity contribution in [3.8, 4) is 0 Å². The highest BCUT2D eigenvalue weighted by molar-refractivity contribution is 7.89. The topological polar surface area (TPSA) is 57.7 Å². The molecule has 0 spiro atoms. The highest BCUT2D eigenvalue weighted by Crippen LogP contribution is 2.22. The Bertz CT molecular complexity index is 707. The van der Waals surface area contributed by atoms with E-state index in [4.69, 9.17) is 0 Å². The van der Waals surface area contributed by atoms with Crippen molar-refractivity contribution in [1.82, 2.24) is 9.21 Å². The van der Waals surface area contributed by atoms with E-state index in [1.165, 1.54) is 28.3 Å². The number of carbonyl (C=O) groups is 1. The van der Waals surface area contributed by atoms with E-state index >= 15 is 0 Å². The minimum atomic E-state index is -3.11. The smallest absolute Gasteiger partial charge is 0.213 e. The number of rotatable bonds is 5. The summed E-state index contributed by atoms with van der Waals surface area (Å²) in [6, 6.07) is 6.12. The number of nitrogens with zero attached hydrogens (tertiary/aromatic N) is 2. The third-order valence-electron chi connectivity index (χ3n) is 5.13. The van der Waals surface area contributed by atoms with Gasteiger partial charge in [-0.1, -0.05) is 12.1 Å². The molecule has 0 bridgehead atoms. The number of hydrogen-bond donors (Lipinski definition) is 0. The molecule has 0 saturated carbocycles. The van der Waals surface area contributed by atoms with Gasteiger partial charge in [0.1, 0.15) is 0 Å². The number of aryl methyl sites for hydroxylation is 2. The van der Waals surface area contributed by atoms with Gasteiger partial charge in [-0.25, -0.2) is 8.42 Å². The summed E-state index contributed by atoms with van der Waals surface area (Å²) in [5, 5.41) is 0. The molecule has 1 aromatic carbocycles. The zero-order chi connectivity index (χ0) is 17.2. The van der Waals surface area contributed by atoms with Crippen LogP contribution in [0.15, 0.2) is 18.2 Å². The molecule has 5 nitrogen and oxygen atoms in total.